The second-order valence-electron chi connectivity index (χ2n) is 6.38. The Hall–Kier alpha value is -0.483. The lowest BCUT2D eigenvalue weighted by atomic mass is 10.2. The Labute approximate surface area is 156 Å². The van der Waals surface area contributed by atoms with Crippen molar-refractivity contribution in [3.63, 3.8) is 0 Å². The SMILES string of the molecule is C[Si](C)(C)C[S+](C/C=C/Cl)Cc1ccccc1.O=S(=O)([O-])C(F)(F)F. The molecule has 0 bridgehead atoms. The molecule has 144 valence electrons. The van der Waals surface area contributed by atoms with Gasteiger partial charge in [-0.1, -0.05) is 61.6 Å². The minimum Gasteiger partial charge on any atom is -0.741 e. The summed E-state index contributed by atoms with van der Waals surface area (Å²) in [7, 11) is -6.63. The molecule has 0 N–H and O–H groups in total. The molecule has 0 aliphatic carbocycles. The highest BCUT2D eigenvalue weighted by Gasteiger charge is 2.36. The van der Waals surface area contributed by atoms with E-state index in [1.807, 2.05) is 0 Å². The predicted octanol–water partition coefficient (Wildman–Crippen LogP) is 4.49. The first-order chi connectivity index (χ1) is 11.3. The molecule has 1 unspecified atom stereocenters. The Morgan fingerprint density at radius 2 is 1.68 bits per heavy atom. The maximum absolute atomic E-state index is 10.7. The zero-order valence-corrected chi connectivity index (χ0v) is 17.6. The average molecular weight is 435 g/mol. The predicted molar refractivity (Wildman–Crippen MR) is 101 cm³/mol. The van der Waals surface area contributed by atoms with E-state index in [-0.39, 0.29) is 0 Å². The molecule has 1 rings (SSSR count). The monoisotopic (exact) mass is 434 g/mol. The fourth-order valence-corrected chi connectivity index (χ4v) is 8.89. The summed E-state index contributed by atoms with van der Waals surface area (Å²) in [6.45, 7) is 7.34. The maximum atomic E-state index is 10.7. The van der Waals surface area contributed by atoms with Gasteiger partial charge in [-0.25, -0.2) is 8.42 Å². The lowest BCUT2D eigenvalue weighted by Crippen LogP contribution is -2.34. The molecule has 0 radical (unpaired) electrons. The van der Waals surface area contributed by atoms with Crippen molar-refractivity contribution in [3.8, 4) is 0 Å². The van der Waals surface area contributed by atoms with Crippen molar-refractivity contribution in [1.29, 1.82) is 0 Å². The van der Waals surface area contributed by atoms with Crippen LogP contribution in [0.2, 0.25) is 19.6 Å². The van der Waals surface area contributed by atoms with Gasteiger partial charge in [0.05, 0.1) is 5.38 Å². The van der Waals surface area contributed by atoms with Gasteiger partial charge in [0.25, 0.3) is 0 Å². The molecule has 0 aliphatic heterocycles. The molecule has 0 aromatic heterocycles. The van der Waals surface area contributed by atoms with Crippen LogP contribution in [-0.2, 0) is 26.8 Å². The zero-order chi connectivity index (χ0) is 19.7. The van der Waals surface area contributed by atoms with Gasteiger partial charge in [0, 0.05) is 11.1 Å². The molecule has 0 amide bonds. The lowest BCUT2D eigenvalue weighted by molar-refractivity contribution is -0.0517. The standard InChI is InChI=1S/C14H22ClSSi.CHF3O3S/c1-17(2,3)13-16(11-7-10-15)12-14-8-5-4-6-9-14;2-1(3,4)8(5,6)7/h4-10H,11-13H2,1-3H3;(H,5,6,7)/q+1;/p-1/b10-7+;. The van der Waals surface area contributed by atoms with Crippen LogP contribution in [0.3, 0.4) is 0 Å². The van der Waals surface area contributed by atoms with Gasteiger partial charge in [0.1, 0.15) is 19.6 Å². The van der Waals surface area contributed by atoms with Crippen molar-refractivity contribution >= 4 is 40.7 Å². The van der Waals surface area contributed by atoms with Crippen LogP contribution in [0.15, 0.2) is 41.9 Å². The van der Waals surface area contributed by atoms with E-state index in [0.29, 0.717) is 10.9 Å². The topological polar surface area (TPSA) is 57.2 Å². The number of alkyl halides is 3. The fraction of sp³-hybridized carbons (Fsp3) is 0.467. The van der Waals surface area contributed by atoms with E-state index in [2.05, 4.69) is 56.0 Å². The summed E-state index contributed by atoms with van der Waals surface area (Å²) in [6.07, 6.45) is 2.10. The van der Waals surface area contributed by atoms with Gasteiger partial charge < -0.3 is 4.55 Å². The molecule has 0 saturated heterocycles. The van der Waals surface area contributed by atoms with Crippen molar-refractivity contribution in [3.05, 3.63) is 47.5 Å². The quantitative estimate of drug-likeness (QED) is 0.287. The van der Waals surface area contributed by atoms with Crippen LogP contribution in [0.25, 0.3) is 0 Å². The van der Waals surface area contributed by atoms with Crippen molar-refractivity contribution in [1.82, 2.24) is 0 Å². The lowest BCUT2D eigenvalue weighted by Gasteiger charge is -2.16. The van der Waals surface area contributed by atoms with Gasteiger partial charge in [-0.05, 0) is 17.0 Å². The van der Waals surface area contributed by atoms with E-state index in [9.17, 15) is 13.2 Å². The highest BCUT2D eigenvalue weighted by molar-refractivity contribution is 7.97. The first kappa shape index (κ1) is 24.5. The third-order valence-corrected chi connectivity index (χ3v) is 9.80. The molecule has 10 heteroatoms. The zero-order valence-electron chi connectivity index (χ0n) is 14.2. The molecule has 0 heterocycles. The second-order valence-corrected chi connectivity index (χ2v) is 16.1. The molecular weight excluding hydrogens is 413 g/mol. The number of hydrogen-bond donors (Lipinski definition) is 0. The van der Waals surface area contributed by atoms with Crippen LogP contribution in [0.1, 0.15) is 5.56 Å². The van der Waals surface area contributed by atoms with Gasteiger partial charge in [0.15, 0.2) is 10.1 Å². The summed E-state index contributed by atoms with van der Waals surface area (Å²) in [6, 6.07) is 10.8. The molecular formula is C15H22ClF3O3S2Si. The summed E-state index contributed by atoms with van der Waals surface area (Å²) in [5, 5.41) is 1.39. The Kier molecular flexibility index (Phi) is 10.4. The van der Waals surface area contributed by atoms with Crippen LogP contribution < -0.4 is 0 Å². The van der Waals surface area contributed by atoms with E-state index < -0.39 is 23.7 Å². The average Bonchev–Trinajstić information content (AvgIpc) is 2.43. The van der Waals surface area contributed by atoms with Gasteiger partial charge in [0.2, 0.25) is 0 Å². The van der Waals surface area contributed by atoms with E-state index in [0.717, 1.165) is 5.75 Å². The summed E-state index contributed by atoms with van der Waals surface area (Å²) in [5.74, 6) is 2.33. The molecule has 0 spiro atoms. The molecule has 1 aromatic rings. The highest BCUT2D eigenvalue weighted by atomic mass is 35.5. The van der Waals surface area contributed by atoms with E-state index >= 15 is 0 Å². The summed E-state index contributed by atoms with van der Waals surface area (Å²) in [4.78, 5) is 0. The largest absolute Gasteiger partial charge is 0.741 e. The fourth-order valence-electron chi connectivity index (χ4n) is 1.76. The van der Waals surface area contributed by atoms with Crippen LogP contribution in [0, 0.1) is 0 Å². The van der Waals surface area contributed by atoms with Gasteiger partial charge in [-0.2, -0.15) is 13.2 Å². The Balaban J connectivity index is 0.000000609. The molecule has 1 atom stereocenters. The van der Waals surface area contributed by atoms with Crippen LogP contribution in [0.5, 0.6) is 0 Å². The van der Waals surface area contributed by atoms with Crippen molar-refractivity contribution in [2.45, 2.75) is 30.9 Å². The van der Waals surface area contributed by atoms with E-state index in [1.54, 1.807) is 5.54 Å². The number of hydrogen-bond acceptors (Lipinski definition) is 3. The maximum Gasteiger partial charge on any atom is 0.485 e. The smallest absolute Gasteiger partial charge is 0.485 e. The van der Waals surface area contributed by atoms with Crippen LogP contribution in [0.4, 0.5) is 13.2 Å². The highest BCUT2D eigenvalue weighted by Crippen LogP contribution is 2.20. The van der Waals surface area contributed by atoms with Gasteiger partial charge in [-0.15, -0.1) is 0 Å². The normalized spacial score (nSPS) is 14.1. The minimum atomic E-state index is -6.09. The summed E-state index contributed by atoms with van der Waals surface area (Å²) >= 11 is 5.66. The van der Waals surface area contributed by atoms with Crippen molar-refractivity contribution in [2.24, 2.45) is 0 Å². The number of benzene rings is 1. The minimum absolute atomic E-state index is 0.446. The first-order valence-corrected chi connectivity index (χ1v) is 14.5. The Morgan fingerprint density at radius 1 is 1.20 bits per heavy atom. The first-order valence-electron chi connectivity index (χ1n) is 7.21. The third-order valence-electron chi connectivity index (χ3n) is 2.56. The molecule has 0 aliphatic rings. The van der Waals surface area contributed by atoms with Gasteiger partial charge >= 0.3 is 5.51 Å². The second kappa shape index (κ2) is 10.6. The van der Waals surface area contributed by atoms with Crippen molar-refractivity contribution in [2.75, 3.05) is 11.1 Å². The van der Waals surface area contributed by atoms with E-state index in [1.165, 1.54) is 16.7 Å². The number of rotatable bonds is 6. The van der Waals surface area contributed by atoms with Crippen LogP contribution >= 0.6 is 11.6 Å². The Bertz CT molecular complexity index is 630. The number of halogens is 4. The van der Waals surface area contributed by atoms with Gasteiger partial charge in [-0.3, -0.25) is 0 Å². The summed E-state index contributed by atoms with van der Waals surface area (Å²) < 4.78 is 58.9. The van der Waals surface area contributed by atoms with Crippen molar-refractivity contribution < 1.29 is 26.1 Å². The third kappa shape index (κ3) is 12.5. The molecule has 3 nitrogen and oxygen atoms in total. The molecule has 0 fully saturated rings. The van der Waals surface area contributed by atoms with Crippen LogP contribution in [-0.4, -0.2) is 37.7 Å². The summed E-state index contributed by atoms with van der Waals surface area (Å²) in [5.41, 5.74) is -2.53. The molecule has 0 saturated carbocycles. The van der Waals surface area contributed by atoms with E-state index in [4.69, 9.17) is 24.6 Å². The molecule has 25 heavy (non-hydrogen) atoms. The molecule has 1 aromatic carbocycles. The Morgan fingerprint density at radius 3 is 2.04 bits per heavy atom.